The van der Waals surface area contributed by atoms with Crippen LogP contribution in [0.4, 0.5) is 5.82 Å². The standard InChI is InChI=1S/C22H28ClN5O2/c1-2-28-10-4-7-19(28)22(30)27-18(12-15-5-3-6-17(23)11-15)21(29)26-14-16-8-9-20(24)25-13-16/h3,5-6,8-9,11,13,18-19H,2,4,7,10,12,14H2,1H3,(H2,24,25)(H,26,29)(H,27,30)/t18-,19?/m0/s1. The molecular formula is C22H28ClN5O2. The van der Waals surface area contributed by atoms with Crippen molar-refractivity contribution in [1.82, 2.24) is 20.5 Å². The lowest BCUT2D eigenvalue weighted by molar-refractivity contribution is -0.131. The predicted molar refractivity (Wildman–Crippen MR) is 118 cm³/mol. The van der Waals surface area contributed by atoms with E-state index in [1.807, 2.05) is 31.2 Å². The number of hydrogen-bond donors (Lipinski definition) is 3. The summed E-state index contributed by atoms with van der Waals surface area (Å²) in [5.74, 6) is 0.0695. The summed E-state index contributed by atoms with van der Waals surface area (Å²) in [5, 5.41) is 6.45. The molecule has 1 fully saturated rings. The smallest absolute Gasteiger partial charge is 0.243 e. The average molecular weight is 430 g/mol. The molecule has 160 valence electrons. The summed E-state index contributed by atoms with van der Waals surface area (Å²) in [5.41, 5.74) is 7.32. The molecule has 1 saturated heterocycles. The number of nitrogens with one attached hydrogen (secondary N) is 2. The number of nitrogens with zero attached hydrogens (tertiary/aromatic N) is 2. The van der Waals surface area contributed by atoms with E-state index in [0.29, 0.717) is 23.8 Å². The molecule has 0 saturated carbocycles. The predicted octanol–water partition coefficient (Wildman–Crippen LogP) is 2.15. The maximum atomic E-state index is 13.0. The summed E-state index contributed by atoms with van der Waals surface area (Å²) in [6.07, 6.45) is 3.78. The number of nitrogens with two attached hydrogens (primary N) is 1. The van der Waals surface area contributed by atoms with E-state index in [9.17, 15) is 9.59 Å². The number of carbonyl (C=O) groups is 2. The number of rotatable bonds is 8. The van der Waals surface area contributed by atoms with Crippen LogP contribution in [0.1, 0.15) is 30.9 Å². The second kappa shape index (κ2) is 10.4. The fraction of sp³-hybridized carbons (Fsp3) is 0.409. The molecule has 1 unspecified atom stereocenters. The summed E-state index contributed by atoms with van der Waals surface area (Å²) in [4.78, 5) is 32.0. The van der Waals surface area contributed by atoms with Gasteiger partial charge in [0, 0.05) is 24.2 Å². The first kappa shape index (κ1) is 22.1. The van der Waals surface area contributed by atoms with Crippen molar-refractivity contribution in [2.24, 2.45) is 0 Å². The minimum atomic E-state index is -0.697. The van der Waals surface area contributed by atoms with Crippen molar-refractivity contribution >= 4 is 29.2 Å². The number of likely N-dealkylation sites (tertiary alicyclic amines) is 1. The molecule has 1 aliphatic heterocycles. The highest BCUT2D eigenvalue weighted by Crippen LogP contribution is 2.18. The number of pyridine rings is 1. The van der Waals surface area contributed by atoms with Crippen LogP contribution in [0, 0.1) is 0 Å². The molecule has 0 aliphatic carbocycles. The first-order valence-corrected chi connectivity index (χ1v) is 10.6. The minimum absolute atomic E-state index is 0.106. The monoisotopic (exact) mass is 429 g/mol. The Morgan fingerprint density at radius 1 is 1.30 bits per heavy atom. The molecule has 3 rings (SSSR count). The SMILES string of the molecule is CCN1CCCC1C(=O)N[C@@H](Cc1cccc(Cl)c1)C(=O)NCc1ccc(N)nc1. The number of halogens is 1. The van der Waals surface area contributed by atoms with Crippen molar-refractivity contribution in [2.45, 2.75) is 44.8 Å². The first-order chi connectivity index (χ1) is 14.5. The molecule has 4 N–H and O–H groups in total. The van der Waals surface area contributed by atoms with E-state index in [2.05, 4.69) is 20.5 Å². The third-order valence-corrected chi connectivity index (χ3v) is 5.58. The van der Waals surface area contributed by atoms with Crippen LogP contribution in [0.5, 0.6) is 0 Å². The quantitative estimate of drug-likeness (QED) is 0.597. The van der Waals surface area contributed by atoms with Gasteiger partial charge in [-0.3, -0.25) is 14.5 Å². The Hall–Kier alpha value is -2.64. The lowest BCUT2D eigenvalue weighted by atomic mass is 10.0. The van der Waals surface area contributed by atoms with E-state index in [4.69, 9.17) is 17.3 Å². The van der Waals surface area contributed by atoms with E-state index < -0.39 is 6.04 Å². The minimum Gasteiger partial charge on any atom is -0.384 e. The second-order valence-corrected chi connectivity index (χ2v) is 7.93. The number of nitrogen functional groups attached to an aromatic ring is 1. The van der Waals surface area contributed by atoms with Crippen LogP contribution in [0.2, 0.25) is 5.02 Å². The van der Waals surface area contributed by atoms with Gasteiger partial charge in [0.25, 0.3) is 0 Å². The van der Waals surface area contributed by atoms with Crippen molar-refractivity contribution in [3.05, 3.63) is 58.7 Å². The molecule has 1 aromatic carbocycles. The lowest BCUT2D eigenvalue weighted by Crippen LogP contribution is -2.53. The summed E-state index contributed by atoms with van der Waals surface area (Å²) < 4.78 is 0. The zero-order valence-electron chi connectivity index (χ0n) is 17.1. The number of hydrogen-bond acceptors (Lipinski definition) is 5. The molecule has 0 bridgehead atoms. The van der Waals surface area contributed by atoms with E-state index >= 15 is 0 Å². The van der Waals surface area contributed by atoms with Crippen LogP contribution in [0.15, 0.2) is 42.6 Å². The molecule has 30 heavy (non-hydrogen) atoms. The van der Waals surface area contributed by atoms with Crippen molar-refractivity contribution in [1.29, 1.82) is 0 Å². The van der Waals surface area contributed by atoms with Gasteiger partial charge in [0.05, 0.1) is 6.04 Å². The van der Waals surface area contributed by atoms with Gasteiger partial charge in [-0.1, -0.05) is 36.7 Å². The van der Waals surface area contributed by atoms with Gasteiger partial charge in [0.2, 0.25) is 11.8 Å². The van der Waals surface area contributed by atoms with Gasteiger partial charge >= 0.3 is 0 Å². The fourth-order valence-electron chi connectivity index (χ4n) is 3.73. The topological polar surface area (TPSA) is 100 Å². The van der Waals surface area contributed by atoms with E-state index in [-0.39, 0.29) is 17.9 Å². The largest absolute Gasteiger partial charge is 0.384 e. The van der Waals surface area contributed by atoms with Crippen molar-refractivity contribution in [2.75, 3.05) is 18.8 Å². The molecular weight excluding hydrogens is 402 g/mol. The Bertz CT molecular complexity index is 874. The molecule has 2 heterocycles. The molecule has 7 nitrogen and oxygen atoms in total. The Labute approximate surface area is 182 Å². The summed E-state index contributed by atoms with van der Waals surface area (Å²) >= 11 is 6.10. The normalized spacial score (nSPS) is 17.5. The van der Waals surface area contributed by atoms with Gasteiger partial charge in [-0.15, -0.1) is 0 Å². The maximum absolute atomic E-state index is 13.0. The van der Waals surface area contributed by atoms with Gasteiger partial charge in [-0.05, 0) is 55.3 Å². The molecule has 0 radical (unpaired) electrons. The van der Waals surface area contributed by atoms with Crippen LogP contribution in [-0.4, -0.2) is 46.9 Å². The number of aromatic nitrogens is 1. The molecule has 8 heteroatoms. The number of benzene rings is 1. The van der Waals surface area contributed by atoms with E-state index in [1.165, 1.54) is 0 Å². The Kier molecular flexibility index (Phi) is 7.65. The van der Waals surface area contributed by atoms with Crippen LogP contribution in [0.3, 0.4) is 0 Å². The van der Waals surface area contributed by atoms with Crippen molar-refractivity contribution < 1.29 is 9.59 Å². The van der Waals surface area contributed by atoms with E-state index in [0.717, 1.165) is 37.1 Å². The first-order valence-electron chi connectivity index (χ1n) is 10.2. The lowest BCUT2D eigenvalue weighted by Gasteiger charge is -2.25. The van der Waals surface area contributed by atoms with Gasteiger partial charge in [0.15, 0.2) is 0 Å². The fourth-order valence-corrected chi connectivity index (χ4v) is 3.94. The molecule has 2 atom stereocenters. The average Bonchev–Trinajstić information content (AvgIpc) is 3.22. The third-order valence-electron chi connectivity index (χ3n) is 5.35. The van der Waals surface area contributed by atoms with Crippen LogP contribution < -0.4 is 16.4 Å². The van der Waals surface area contributed by atoms with Crippen molar-refractivity contribution in [3.63, 3.8) is 0 Å². The summed E-state index contributed by atoms with van der Waals surface area (Å²) in [6, 6.07) is 9.94. The van der Waals surface area contributed by atoms with E-state index in [1.54, 1.807) is 18.3 Å². The van der Waals surface area contributed by atoms with Crippen LogP contribution in [-0.2, 0) is 22.6 Å². The molecule has 1 aromatic heterocycles. The molecule has 2 amide bonds. The van der Waals surface area contributed by atoms with Gasteiger partial charge < -0.3 is 16.4 Å². The molecule has 0 spiro atoms. The van der Waals surface area contributed by atoms with Crippen LogP contribution in [0.25, 0.3) is 0 Å². The van der Waals surface area contributed by atoms with Gasteiger partial charge in [-0.2, -0.15) is 0 Å². The van der Waals surface area contributed by atoms with Gasteiger partial charge in [-0.25, -0.2) is 4.98 Å². The zero-order valence-corrected chi connectivity index (χ0v) is 17.9. The summed E-state index contributed by atoms with van der Waals surface area (Å²) in [6.45, 7) is 4.07. The Balaban J connectivity index is 1.69. The number of carbonyl (C=O) groups excluding carboxylic acids is 2. The van der Waals surface area contributed by atoms with Gasteiger partial charge in [0.1, 0.15) is 11.9 Å². The summed E-state index contributed by atoms with van der Waals surface area (Å²) in [7, 11) is 0. The number of amides is 2. The van der Waals surface area contributed by atoms with Crippen molar-refractivity contribution in [3.8, 4) is 0 Å². The highest BCUT2D eigenvalue weighted by molar-refractivity contribution is 6.30. The highest BCUT2D eigenvalue weighted by atomic mass is 35.5. The maximum Gasteiger partial charge on any atom is 0.243 e. The second-order valence-electron chi connectivity index (χ2n) is 7.49. The van der Waals surface area contributed by atoms with Crippen LogP contribution >= 0.6 is 11.6 Å². The Morgan fingerprint density at radius 3 is 2.83 bits per heavy atom. The number of anilines is 1. The third kappa shape index (κ3) is 5.93. The Morgan fingerprint density at radius 2 is 2.13 bits per heavy atom. The zero-order chi connectivity index (χ0) is 21.5. The highest BCUT2D eigenvalue weighted by Gasteiger charge is 2.32. The number of likely N-dealkylation sites (N-methyl/N-ethyl adjacent to an activating group) is 1. The molecule has 2 aromatic rings. The molecule has 1 aliphatic rings.